The SMILES string of the molecule is COC(=O)c1c(NC(=S)Nc2ccc(Oc3ccccc3)cc2)sc(C(=O)N(C)C)c1C. The number of amides is 1. The Bertz CT molecular complexity index is 1130. The number of methoxy groups -OCH3 is 1. The van der Waals surface area contributed by atoms with Crippen LogP contribution in [-0.4, -0.2) is 43.1 Å². The zero-order valence-electron chi connectivity index (χ0n) is 18.1. The number of nitrogens with zero attached hydrogens (tertiary/aromatic N) is 1. The lowest BCUT2D eigenvalue weighted by atomic mass is 10.1. The third-order valence-electron chi connectivity index (χ3n) is 4.45. The van der Waals surface area contributed by atoms with E-state index in [2.05, 4.69) is 10.6 Å². The zero-order valence-corrected chi connectivity index (χ0v) is 19.7. The van der Waals surface area contributed by atoms with Crippen LogP contribution in [0, 0.1) is 6.92 Å². The Morgan fingerprint density at radius 2 is 1.59 bits per heavy atom. The molecule has 2 aromatic carbocycles. The van der Waals surface area contributed by atoms with Crippen molar-refractivity contribution in [1.82, 2.24) is 4.90 Å². The van der Waals surface area contributed by atoms with Crippen LogP contribution in [0.2, 0.25) is 0 Å². The number of carbonyl (C=O) groups excluding carboxylic acids is 2. The van der Waals surface area contributed by atoms with Crippen molar-refractivity contribution in [3.05, 3.63) is 70.6 Å². The third-order valence-corrected chi connectivity index (χ3v) is 5.85. The van der Waals surface area contributed by atoms with Crippen LogP contribution in [0.15, 0.2) is 54.6 Å². The first-order valence-corrected chi connectivity index (χ1v) is 10.9. The Balaban J connectivity index is 1.73. The minimum Gasteiger partial charge on any atom is -0.465 e. The molecule has 0 aliphatic carbocycles. The molecule has 0 fully saturated rings. The summed E-state index contributed by atoms with van der Waals surface area (Å²) in [5.41, 5.74) is 1.58. The van der Waals surface area contributed by atoms with Gasteiger partial charge in [0.25, 0.3) is 5.91 Å². The van der Waals surface area contributed by atoms with Gasteiger partial charge in [0.05, 0.1) is 17.6 Å². The van der Waals surface area contributed by atoms with Crippen LogP contribution in [0.3, 0.4) is 0 Å². The largest absolute Gasteiger partial charge is 0.465 e. The number of carbonyl (C=O) groups is 2. The maximum Gasteiger partial charge on any atom is 0.341 e. The van der Waals surface area contributed by atoms with E-state index < -0.39 is 5.97 Å². The molecule has 0 aliphatic heterocycles. The first-order valence-electron chi connectivity index (χ1n) is 9.64. The number of hydrogen-bond acceptors (Lipinski definition) is 6. The van der Waals surface area contributed by atoms with Crippen LogP contribution in [0.25, 0.3) is 0 Å². The second-order valence-corrected chi connectivity index (χ2v) is 8.40. The van der Waals surface area contributed by atoms with Crippen LogP contribution in [0.5, 0.6) is 11.5 Å². The highest BCUT2D eigenvalue weighted by molar-refractivity contribution is 7.80. The van der Waals surface area contributed by atoms with Crippen LogP contribution in [-0.2, 0) is 4.74 Å². The Hall–Kier alpha value is -3.43. The van der Waals surface area contributed by atoms with Gasteiger partial charge < -0.3 is 25.0 Å². The van der Waals surface area contributed by atoms with Gasteiger partial charge in [-0.3, -0.25) is 4.79 Å². The van der Waals surface area contributed by atoms with Gasteiger partial charge in [0.1, 0.15) is 16.5 Å². The highest BCUT2D eigenvalue weighted by Crippen LogP contribution is 2.34. The Morgan fingerprint density at radius 1 is 0.969 bits per heavy atom. The average Bonchev–Trinajstić information content (AvgIpc) is 3.10. The van der Waals surface area contributed by atoms with Gasteiger partial charge in [-0.2, -0.15) is 0 Å². The minimum absolute atomic E-state index is 0.196. The fraction of sp³-hybridized carbons (Fsp3) is 0.174. The fourth-order valence-corrected chi connectivity index (χ4v) is 4.36. The Kier molecular flexibility index (Phi) is 7.45. The van der Waals surface area contributed by atoms with Crippen molar-refractivity contribution in [3.8, 4) is 11.5 Å². The first kappa shape index (κ1) is 23.2. The van der Waals surface area contributed by atoms with Crippen LogP contribution >= 0.6 is 23.6 Å². The summed E-state index contributed by atoms with van der Waals surface area (Å²) in [5, 5.41) is 6.81. The number of benzene rings is 2. The van der Waals surface area contributed by atoms with Crippen LogP contribution in [0.4, 0.5) is 10.7 Å². The molecule has 1 heterocycles. The molecular weight excluding hydrogens is 446 g/mol. The van der Waals surface area contributed by atoms with Crippen molar-refractivity contribution in [2.45, 2.75) is 6.92 Å². The standard InChI is InChI=1S/C23H23N3O4S2/c1-14-18(22(28)29-4)20(32-19(14)21(27)26(2)3)25-23(31)24-15-10-12-17(13-11-15)30-16-8-6-5-7-9-16/h5-13H,1-4H3,(H2,24,25,31). The molecule has 0 aliphatic rings. The number of thiophene rings is 1. The highest BCUT2D eigenvalue weighted by atomic mass is 32.1. The smallest absolute Gasteiger partial charge is 0.341 e. The molecule has 7 nitrogen and oxygen atoms in total. The summed E-state index contributed by atoms with van der Waals surface area (Å²) in [6, 6.07) is 16.8. The van der Waals surface area contributed by atoms with Gasteiger partial charge in [-0.25, -0.2) is 4.79 Å². The quantitative estimate of drug-likeness (QED) is 0.382. The van der Waals surface area contributed by atoms with Gasteiger partial charge in [0.2, 0.25) is 0 Å². The molecule has 0 spiro atoms. The molecule has 0 saturated heterocycles. The average molecular weight is 470 g/mol. The van der Waals surface area contributed by atoms with Gasteiger partial charge >= 0.3 is 5.97 Å². The molecule has 2 N–H and O–H groups in total. The van der Waals surface area contributed by atoms with E-state index in [1.807, 2.05) is 54.6 Å². The van der Waals surface area contributed by atoms with Gasteiger partial charge in [-0.05, 0) is 61.1 Å². The van der Waals surface area contributed by atoms with Crippen molar-refractivity contribution in [3.63, 3.8) is 0 Å². The summed E-state index contributed by atoms with van der Waals surface area (Å²) in [6.07, 6.45) is 0. The second-order valence-electron chi connectivity index (χ2n) is 6.97. The molecule has 3 rings (SSSR count). The molecule has 32 heavy (non-hydrogen) atoms. The number of nitrogens with one attached hydrogen (secondary N) is 2. The molecular formula is C23H23N3O4S2. The summed E-state index contributed by atoms with van der Waals surface area (Å²) in [4.78, 5) is 26.7. The predicted octanol–water partition coefficient (Wildman–Crippen LogP) is 5.15. The van der Waals surface area contributed by atoms with E-state index in [0.717, 1.165) is 22.8 Å². The van der Waals surface area contributed by atoms with E-state index in [1.54, 1.807) is 21.0 Å². The normalized spacial score (nSPS) is 10.2. The number of anilines is 2. The topological polar surface area (TPSA) is 79.9 Å². The van der Waals surface area contributed by atoms with E-state index in [9.17, 15) is 9.59 Å². The molecule has 166 valence electrons. The fourth-order valence-electron chi connectivity index (χ4n) is 2.85. The lowest BCUT2D eigenvalue weighted by Crippen LogP contribution is -2.21. The molecule has 9 heteroatoms. The molecule has 0 unspecified atom stereocenters. The van der Waals surface area contributed by atoms with E-state index in [0.29, 0.717) is 26.8 Å². The summed E-state index contributed by atoms with van der Waals surface area (Å²) in [6.45, 7) is 1.71. The zero-order chi connectivity index (χ0) is 23.3. The molecule has 0 radical (unpaired) electrons. The number of ether oxygens (including phenoxy) is 2. The van der Waals surface area contributed by atoms with Crippen LogP contribution in [0.1, 0.15) is 25.6 Å². The molecule has 1 aromatic heterocycles. The van der Waals surface area contributed by atoms with Crippen molar-refractivity contribution < 1.29 is 19.1 Å². The number of thiocarbonyl (C=S) groups is 1. The lowest BCUT2D eigenvalue weighted by Gasteiger charge is -2.11. The van der Waals surface area contributed by atoms with E-state index in [1.165, 1.54) is 12.0 Å². The molecule has 3 aromatic rings. The molecule has 0 saturated carbocycles. The Morgan fingerprint density at radius 3 is 2.19 bits per heavy atom. The van der Waals surface area contributed by atoms with Gasteiger partial charge in [-0.15, -0.1) is 11.3 Å². The maximum absolute atomic E-state index is 12.5. The Labute approximate surface area is 196 Å². The minimum atomic E-state index is -0.538. The molecule has 0 bridgehead atoms. The maximum atomic E-state index is 12.5. The molecule has 0 atom stereocenters. The van der Waals surface area contributed by atoms with Gasteiger partial charge in [0.15, 0.2) is 5.11 Å². The number of hydrogen-bond donors (Lipinski definition) is 2. The van der Waals surface area contributed by atoms with Crippen molar-refractivity contribution in [1.29, 1.82) is 0 Å². The first-order chi connectivity index (χ1) is 15.3. The van der Waals surface area contributed by atoms with E-state index in [-0.39, 0.29) is 11.0 Å². The lowest BCUT2D eigenvalue weighted by molar-refractivity contribution is 0.0601. The van der Waals surface area contributed by atoms with Crippen molar-refractivity contribution >= 4 is 51.2 Å². The summed E-state index contributed by atoms with van der Waals surface area (Å²) in [7, 11) is 4.61. The second kappa shape index (κ2) is 10.3. The van der Waals surface area contributed by atoms with Crippen molar-refractivity contribution in [2.24, 2.45) is 0 Å². The van der Waals surface area contributed by atoms with E-state index >= 15 is 0 Å². The summed E-state index contributed by atoms with van der Waals surface area (Å²) >= 11 is 6.57. The number of esters is 1. The highest BCUT2D eigenvalue weighted by Gasteiger charge is 2.26. The van der Waals surface area contributed by atoms with Crippen LogP contribution < -0.4 is 15.4 Å². The predicted molar refractivity (Wildman–Crippen MR) is 131 cm³/mol. The number of para-hydroxylation sites is 1. The van der Waals surface area contributed by atoms with E-state index in [4.69, 9.17) is 21.7 Å². The molecule has 1 amide bonds. The van der Waals surface area contributed by atoms with Crippen molar-refractivity contribution in [2.75, 3.05) is 31.8 Å². The van der Waals surface area contributed by atoms with Gasteiger partial charge in [-0.1, -0.05) is 18.2 Å². The monoisotopic (exact) mass is 469 g/mol. The summed E-state index contributed by atoms with van der Waals surface area (Å²) in [5.74, 6) is 0.703. The third kappa shape index (κ3) is 5.43. The summed E-state index contributed by atoms with van der Waals surface area (Å²) < 4.78 is 10.7. The van der Waals surface area contributed by atoms with Gasteiger partial charge in [0, 0.05) is 19.8 Å². The number of rotatable bonds is 6.